The lowest BCUT2D eigenvalue weighted by Crippen LogP contribution is -2.44. The van der Waals surface area contributed by atoms with Crippen molar-refractivity contribution in [1.82, 2.24) is 16.0 Å². The summed E-state index contributed by atoms with van der Waals surface area (Å²) in [7, 11) is 0. The van der Waals surface area contributed by atoms with Gasteiger partial charge in [0.15, 0.2) is 0 Å². The van der Waals surface area contributed by atoms with E-state index >= 15 is 0 Å². The average molecular weight is 287 g/mol. The van der Waals surface area contributed by atoms with Gasteiger partial charge in [-0.15, -0.1) is 0 Å². The predicted molar refractivity (Wildman–Crippen MR) is 79.6 cm³/mol. The summed E-state index contributed by atoms with van der Waals surface area (Å²) in [4.78, 5) is 23.5. The van der Waals surface area contributed by atoms with Crippen LogP contribution >= 0.6 is 0 Å². The van der Waals surface area contributed by atoms with Crippen molar-refractivity contribution in [2.45, 2.75) is 37.8 Å². The van der Waals surface area contributed by atoms with Crippen LogP contribution in [0.3, 0.4) is 0 Å². The van der Waals surface area contributed by atoms with Crippen molar-refractivity contribution in [3.05, 3.63) is 35.9 Å². The summed E-state index contributed by atoms with van der Waals surface area (Å²) in [5.41, 5.74) is 1.12. The molecule has 3 rings (SSSR count). The molecular formula is C16H21N3O2. The van der Waals surface area contributed by atoms with Gasteiger partial charge in [0, 0.05) is 6.04 Å². The van der Waals surface area contributed by atoms with E-state index in [0.29, 0.717) is 12.0 Å². The first-order chi connectivity index (χ1) is 10.2. The molecule has 0 heterocycles. The molecule has 0 aliphatic heterocycles. The van der Waals surface area contributed by atoms with E-state index in [1.165, 1.54) is 0 Å². The van der Waals surface area contributed by atoms with Gasteiger partial charge >= 0.3 is 6.03 Å². The summed E-state index contributed by atoms with van der Waals surface area (Å²) >= 11 is 0. The summed E-state index contributed by atoms with van der Waals surface area (Å²) in [6.45, 7) is 0.0362. The van der Waals surface area contributed by atoms with Crippen molar-refractivity contribution in [2.75, 3.05) is 6.54 Å². The Hall–Kier alpha value is -2.04. The number of urea groups is 1. The summed E-state index contributed by atoms with van der Waals surface area (Å²) in [5.74, 6) is 0.397. The molecule has 2 aliphatic carbocycles. The lowest BCUT2D eigenvalue weighted by Gasteiger charge is -2.19. The molecular weight excluding hydrogens is 266 g/mol. The standard InChI is InChI=1S/C16H21N3O2/c20-14(18-13-8-9-13)10-17-16(21)19-15(12-6-7-12)11-4-2-1-3-5-11/h1-5,12-13,15H,6-10H2,(H,18,20)(H2,17,19,21). The van der Waals surface area contributed by atoms with Gasteiger partial charge in [-0.2, -0.15) is 0 Å². The molecule has 3 N–H and O–H groups in total. The fourth-order valence-corrected chi connectivity index (χ4v) is 2.42. The van der Waals surface area contributed by atoms with Crippen molar-refractivity contribution >= 4 is 11.9 Å². The molecule has 21 heavy (non-hydrogen) atoms. The van der Waals surface area contributed by atoms with Gasteiger partial charge in [-0.1, -0.05) is 30.3 Å². The number of hydrogen-bond donors (Lipinski definition) is 3. The molecule has 0 radical (unpaired) electrons. The lowest BCUT2D eigenvalue weighted by atomic mass is 10.0. The first kappa shape index (κ1) is 13.9. The highest BCUT2D eigenvalue weighted by molar-refractivity contribution is 5.84. The van der Waals surface area contributed by atoms with E-state index < -0.39 is 0 Å². The summed E-state index contributed by atoms with van der Waals surface area (Å²) in [5, 5.41) is 8.47. The van der Waals surface area contributed by atoms with Crippen molar-refractivity contribution in [3.8, 4) is 0 Å². The first-order valence-electron chi connectivity index (χ1n) is 7.61. The Morgan fingerprint density at radius 1 is 1.10 bits per heavy atom. The highest BCUT2D eigenvalue weighted by Crippen LogP contribution is 2.40. The van der Waals surface area contributed by atoms with Crippen LogP contribution in [-0.2, 0) is 4.79 Å². The van der Waals surface area contributed by atoms with Gasteiger partial charge in [0.2, 0.25) is 5.91 Å². The molecule has 1 aromatic carbocycles. The molecule has 2 aliphatic rings. The van der Waals surface area contributed by atoms with Crippen LogP contribution in [0.15, 0.2) is 30.3 Å². The largest absolute Gasteiger partial charge is 0.352 e. The van der Waals surface area contributed by atoms with Gasteiger partial charge in [-0.05, 0) is 37.2 Å². The van der Waals surface area contributed by atoms with Crippen LogP contribution in [-0.4, -0.2) is 24.5 Å². The molecule has 0 aromatic heterocycles. The quantitative estimate of drug-likeness (QED) is 0.745. The van der Waals surface area contributed by atoms with E-state index in [1.54, 1.807) is 0 Å². The van der Waals surface area contributed by atoms with Crippen LogP contribution in [0.4, 0.5) is 4.79 Å². The van der Waals surface area contributed by atoms with Crippen molar-refractivity contribution < 1.29 is 9.59 Å². The lowest BCUT2D eigenvalue weighted by molar-refractivity contribution is -0.120. The minimum Gasteiger partial charge on any atom is -0.352 e. The monoisotopic (exact) mass is 287 g/mol. The highest BCUT2D eigenvalue weighted by atomic mass is 16.2. The SMILES string of the molecule is O=C(CNC(=O)NC(c1ccccc1)C1CC1)NC1CC1. The van der Waals surface area contributed by atoms with E-state index in [1.807, 2.05) is 30.3 Å². The van der Waals surface area contributed by atoms with Gasteiger partial charge < -0.3 is 16.0 Å². The maximum atomic E-state index is 12.0. The van der Waals surface area contributed by atoms with Crippen molar-refractivity contribution in [3.63, 3.8) is 0 Å². The minimum atomic E-state index is -0.276. The fraction of sp³-hybridized carbons (Fsp3) is 0.500. The van der Waals surface area contributed by atoms with E-state index in [2.05, 4.69) is 16.0 Å². The van der Waals surface area contributed by atoms with Crippen LogP contribution in [0.25, 0.3) is 0 Å². The number of carbonyl (C=O) groups excluding carboxylic acids is 2. The molecule has 0 saturated heterocycles. The zero-order valence-corrected chi connectivity index (χ0v) is 12.0. The maximum Gasteiger partial charge on any atom is 0.315 e. The van der Waals surface area contributed by atoms with Crippen molar-refractivity contribution in [1.29, 1.82) is 0 Å². The van der Waals surface area contributed by atoms with Crippen LogP contribution < -0.4 is 16.0 Å². The number of nitrogens with one attached hydrogen (secondary N) is 3. The summed E-state index contributed by atoms with van der Waals surface area (Å²) < 4.78 is 0. The predicted octanol–water partition coefficient (Wildman–Crippen LogP) is 1.72. The molecule has 2 fully saturated rings. The molecule has 1 atom stereocenters. The molecule has 5 nitrogen and oxygen atoms in total. The van der Waals surface area contributed by atoms with Gasteiger partial charge in [0.05, 0.1) is 12.6 Å². The molecule has 0 bridgehead atoms. The Morgan fingerprint density at radius 3 is 2.43 bits per heavy atom. The third kappa shape index (κ3) is 4.21. The van der Waals surface area contributed by atoms with Gasteiger partial charge in [0.1, 0.15) is 0 Å². The van der Waals surface area contributed by atoms with Gasteiger partial charge in [-0.3, -0.25) is 4.79 Å². The van der Waals surface area contributed by atoms with Crippen LogP contribution in [0, 0.1) is 5.92 Å². The van der Waals surface area contributed by atoms with Crippen molar-refractivity contribution in [2.24, 2.45) is 5.92 Å². The maximum absolute atomic E-state index is 12.0. The molecule has 3 amide bonds. The molecule has 2 saturated carbocycles. The summed E-state index contributed by atoms with van der Waals surface area (Å²) in [6.07, 6.45) is 4.38. The van der Waals surface area contributed by atoms with E-state index in [9.17, 15) is 9.59 Å². The van der Waals surface area contributed by atoms with E-state index in [0.717, 1.165) is 31.2 Å². The minimum absolute atomic E-state index is 0.0362. The number of benzene rings is 1. The van der Waals surface area contributed by atoms with Gasteiger partial charge in [-0.25, -0.2) is 4.79 Å². The number of amides is 3. The normalized spacial score (nSPS) is 18.7. The number of rotatable bonds is 6. The Bertz CT molecular complexity index is 510. The zero-order valence-electron chi connectivity index (χ0n) is 12.0. The Morgan fingerprint density at radius 2 is 1.81 bits per heavy atom. The van der Waals surface area contributed by atoms with Crippen LogP contribution in [0.2, 0.25) is 0 Å². The second-order valence-electron chi connectivity index (χ2n) is 5.89. The second-order valence-corrected chi connectivity index (χ2v) is 5.89. The molecule has 0 spiro atoms. The Kier molecular flexibility index (Phi) is 4.08. The molecule has 1 unspecified atom stereocenters. The van der Waals surface area contributed by atoms with Crippen LogP contribution in [0.5, 0.6) is 0 Å². The average Bonchev–Trinajstić information content (AvgIpc) is 3.37. The topological polar surface area (TPSA) is 70.2 Å². The third-order valence-corrected chi connectivity index (χ3v) is 3.89. The third-order valence-electron chi connectivity index (χ3n) is 3.89. The number of hydrogen-bond acceptors (Lipinski definition) is 2. The van der Waals surface area contributed by atoms with Crippen LogP contribution in [0.1, 0.15) is 37.3 Å². The van der Waals surface area contributed by atoms with E-state index in [-0.39, 0.29) is 24.5 Å². The smallest absolute Gasteiger partial charge is 0.315 e. The Labute approximate surface area is 124 Å². The zero-order chi connectivity index (χ0) is 14.7. The second kappa shape index (κ2) is 6.16. The fourth-order valence-electron chi connectivity index (χ4n) is 2.42. The number of carbonyl (C=O) groups is 2. The first-order valence-corrected chi connectivity index (χ1v) is 7.61. The molecule has 5 heteroatoms. The summed E-state index contributed by atoms with van der Waals surface area (Å²) in [6, 6.07) is 10.1. The molecule has 112 valence electrons. The van der Waals surface area contributed by atoms with Gasteiger partial charge in [0.25, 0.3) is 0 Å². The highest BCUT2D eigenvalue weighted by Gasteiger charge is 2.33. The molecule has 1 aromatic rings. The Balaban J connectivity index is 1.48. The van der Waals surface area contributed by atoms with E-state index in [4.69, 9.17) is 0 Å².